The highest BCUT2D eigenvalue weighted by molar-refractivity contribution is 7.21. The maximum Gasteiger partial charge on any atom is 0.348 e. The predicted molar refractivity (Wildman–Crippen MR) is 152 cm³/mol. The number of likely N-dealkylation sites (N-methyl/N-ethyl adjacent to an activating group) is 1. The quantitative estimate of drug-likeness (QED) is 0.258. The molecule has 0 unspecified atom stereocenters. The fourth-order valence-corrected chi connectivity index (χ4v) is 5.64. The lowest BCUT2D eigenvalue weighted by molar-refractivity contribution is 0.0703. The first-order chi connectivity index (χ1) is 16.9. The third-order valence-corrected chi connectivity index (χ3v) is 12.5. The van der Waals surface area contributed by atoms with Gasteiger partial charge < -0.3 is 19.8 Å². The number of nitrogens with one attached hydrogen (secondary N) is 1. The normalized spacial score (nSPS) is 15.1. The lowest BCUT2D eigenvalue weighted by Crippen LogP contribution is -2.39. The van der Waals surface area contributed by atoms with Gasteiger partial charge in [0.25, 0.3) is 8.32 Å². The average molecular weight is 525 g/mol. The maximum atomic E-state index is 12.1. The zero-order valence-electron chi connectivity index (χ0n) is 22.2. The Morgan fingerprint density at radius 3 is 2.67 bits per heavy atom. The van der Waals surface area contributed by atoms with Crippen LogP contribution in [-0.2, 0) is 17.4 Å². The molecule has 192 valence electrons. The van der Waals surface area contributed by atoms with E-state index in [9.17, 15) is 9.90 Å². The maximum absolute atomic E-state index is 12.1. The van der Waals surface area contributed by atoms with Gasteiger partial charge in [-0.25, -0.2) is 4.79 Å². The van der Waals surface area contributed by atoms with Gasteiger partial charge >= 0.3 is 5.97 Å². The number of hydrogen-bond acceptors (Lipinski definition) is 7. The van der Waals surface area contributed by atoms with Crippen molar-refractivity contribution in [3.63, 3.8) is 0 Å². The van der Waals surface area contributed by atoms with Gasteiger partial charge in [0.05, 0.1) is 16.1 Å². The van der Waals surface area contributed by atoms with Gasteiger partial charge in [0, 0.05) is 35.6 Å². The van der Waals surface area contributed by atoms with Gasteiger partial charge in [-0.1, -0.05) is 26.8 Å². The SMILES string of the molecule is CN(C)CCc1cncc2sc(C(=O)O)c(Nc3ccc4c(c3)CCC4=NO[Si](C)(C)C(C)(C)C)c12. The average Bonchev–Trinajstić information content (AvgIpc) is 3.37. The van der Waals surface area contributed by atoms with Gasteiger partial charge in [0.1, 0.15) is 4.88 Å². The Morgan fingerprint density at radius 1 is 1.25 bits per heavy atom. The molecule has 9 heteroatoms. The summed E-state index contributed by atoms with van der Waals surface area (Å²) >= 11 is 1.27. The van der Waals surface area contributed by atoms with E-state index in [4.69, 9.17) is 4.53 Å². The molecule has 0 amide bonds. The zero-order chi connectivity index (χ0) is 26.3. The fourth-order valence-electron chi connectivity index (χ4n) is 4.01. The number of benzene rings is 1. The molecule has 0 spiro atoms. The standard InChI is InChI=1S/C27H36N4O3SSi/c1-27(2,3)36(6,7)34-30-21-11-8-17-14-19(9-10-20(17)21)29-24-23-18(12-13-31(4)5)15-28-16-22(23)35-25(24)26(32)33/h9-10,14-16,29H,8,11-13H2,1-7H3,(H,32,33). The van der Waals surface area contributed by atoms with Crippen LogP contribution in [0.4, 0.5) is 11.4 Å². The molecule has 0 atom stereocenters. The first kappa shape index (κ1) is 26.3. The molecule has 1 aliphatic carbocycles. The summed E-state index contributed by atoms with van der Waals surface area (Å²) in [5.74, 6) is -0.935. The summed E-state index contributed by atoms with van der Waals surface area (Å²) in [5.41, 5.74) is 5.87. The zero-order valence-corrected chi connectivity index (χ0v) is 24.0. The summed E-state index contributed by atoms with van der Waals surface area (Å²) in [7, 11) is 2.09. The van der Waals surface area contributed by atoms with Crippen LogP contribution in [0.1, 0.15) is 53.6 Å². The Kier molecular flexibility index (Phi) is 7.27. The number of anilines is 2. The third kappa shape index (κ3) is 5.33. The smallest absolute Gasteiger partial charge is 0.348 e. The van der Waals surface area contributed by atoms with Crippen molar-refractivity contribution in [1.82, 2.24) is 9.88 Å². The van der Waals surface area contributed by atoms with Gasteiger partial charge in [-0.3, -0.25) is 4.98 Å². The molecule has 36 heavy (non-hydrogen) atoms. The number of nitrogens with zero attached hydrogens (tertiary/aromatic N) is 3. The van der Waals surface area contributed by atoms with Gasteiger partial charge in [-0.05, 0) is 74.7 Å². The van der Waals surface area contributed by atoms with Crippen LogP contribution in [0.2, 0.25) is 18.1 Å². The van der Waals surface area contributed by atoms with Crippen molar-refractivity contribution in [3.8, 4) is 0 Å². The molecule has 7 nitrogen and oxygen atoms in total. The Balaban J connectivity index is 1.65. The number of thiophene rings is 1. The van der Waals surface area contributed by atoms with Gasteiger partial charge in [0.15, 0.2) is 0 Å². The molecule has 2 N–H and O–H groups in total. The number of rotatable bonds is 8. The number of hydrogen-bond donors (Lipinski definition) is 2. The van der Waals surface area contributed by atoms with E-state index in [1.807, 2.05) is 26.4 Å². The van der Waals surface area contributed by atoms with E-state index in [-0.39, 0.29) is 5.04 Å². The molecule has 0 aliphatic heterocycles. The summed E-state index contributed by atoms with van der Waals surface area (Å²) in [6, 6.07) is 6.18. The lowest BCUT2D eigenvalue weighted by atomic mass is 10.1. The minimum Gasteiger partial charge on any atom is -0.477 e. The molecule has 4 rings (SSSR count). The predicted octanol–water partition coefficient (Wildman–Crippen LogP) is 6.51. The fraction of sp³-hybridized carbons (Fsp3) is 0.444. The largest absolute Gasteiger partial charge is 0.477 e. The van der Waals surface area contributed by atoms with Crippen LogP contribution in [-0.4, -0.2) is 55.6 Å². The number of aromatic nitrogens is 1. The molecular formula is C27H36N4O3SSi. The second kappa shape index (κ2) is 9.95. The minimum atomic E-state index is -1.97. The van der Waals surface area contributed by atoms with Crippen molar-refractivity contribution < 1.29 is 14.4 Å². The van der Waals surface area contributed by atoms with Crippen LogP contribution in [0.15, 0.2) is 35.7 Å². The van der Waals surface area contributed by atoms with Gasteiger partial charge in [0.2, 0.25) is 0 Å². The molecule has 0 fully saturated rings. The van der Waals surface area contributed by atoms with Crippen LogP contribution < -0.4 is 5.32 Å². The highest BCUT2D eigenvalue weighted by Crippen LogP contribution is 2.40. The van der Waals surface area contributed by atoms with E-state index in [0.29, 0.717) is 10.6 Å². The van der Waals surface area contributed by atoms with Crippen LogP contribution in [0, 0.1) is 0 Å². The van der Waals surface area contributed by atoms with Crippen molar-refractivity contribution in [2.24, 2.45) is 5.16 Å². The van der Waals surface area contributed by atoms with E-state index in [0.717, 1.165) is 58.4 Å². The van der Waals surface area contributed by atoms with Crippen molar-refractivity contribution in [2.45, 2.75) is 58.2 Å². The molecule has 0 saturated carbocycles. The second-order valence-electron chi connectivity index (χ2n) is 11.2. The number of pyridine rings is 1. The van der Waals surface area contributed by atoms with Crippen LogP contribution >= 0.6 is 11.3 Å². The Labute approximate surface area is 218 Å². The number of fused-ring (bicyclic) bond motifs is 2. The molecule has 2 aromatic heterocycles. The van der Waals surface area contributed by atoms with E-state index in [2.05, 4.69) is 66.4 Å². The summed E-state index contributed by atoms with van der Waals surface area (Å²) in [6.07, 6.45) is 6.13. The van der Waals surface area contributed by atoms with E-state index >= 15 is 0 Å². The Bertz CT molecular complexity index is 1320. The Morgan fingerprint density at radius 2 is 2.00 bits per heavy atom. The highest BCUT2D eigenvalue weighted by atomic mass is 32.1. The van der Waals surface area contributed by atoms with Crippen molar-refractivity contribution in [1.29, 1.82) is 0 Å². The van der Waals surface area contributed by atoms with E-state index in [1.165, 1.54) is 16.9 Å². The molecule has 0 saturated heterocycles. The summed E-state index contributed by atoms with van der Waals surface area (Å²) in [4.78, 5) is 18.9. The number of aryl methyl sites for hydroxylation is 1. The second-order valence-corrected chi connectivity index (χ2v) is 17.0. The highest BCUT2D eigenvalue weighted by Gasteiger charge is 2.40. The summed E-state index contributed by atoms with van der Waals surface area (Å²) in [5, 5.41) is 19.0. The summed E-state index contributed by atoms with van der Waals surface area (Å²) < 4.78 is 7.01. The molecule has 3 aromatic rings. The topological polar surface area (TPSA) is 87.1 Å². The molecular weight excluding hydrogens is 488 g/mol. The van der Waals surface area contributed by atoms with E-state index in [1.54, 1.807) is 6.20 Å². The number of aromatic carboxylic acids is 1. The molecule has 2 heterocycles. The molecule has 1 aromatic carbocycles. The number of carboxylic acids is 1. The third-order valence-electron chi connectivity index (χ3n) is 7.21. The molecule has 0 radical (unpaired) electrons. The van der Waals surface area contributed by atoms with E-state index < -0.39 is 14.3 Å². The van der Waals surface area contributed by atoms with Crippen molar-refractivity contribution in [3.05, 3.63) is 52.2 Å². The summed E-state index contributed by atoms with van der Waals surface area (Å²) in [6.45, 7) is 11.9. The van der Waals surface area contributed by atoms with Crippen molar-refractivity contribution >= 4 is 52.8 Å². The first-order valence-electron chi connectivity index (χ1n) is 12.3. The lowest BCUT2D eigenvalue weighted by Gasteiger charge is -2.33. The number of carboxylic acid groups (broad SMARTS) is 1. The minimum absolute atomic E-state index is 0.0956. The Hall–Kier alpha value is -2.75. The van der Waals surface area contributed by atoms with Crippen LogP contribution in [0.3, 0.4) is 0 Å². The molecule has 1 aliphatic rings. The van der Waals surface area contributed by atoms with Crippen LogP contribution in [0.25, 0.3) is 10.1 Å². The number of oxime groups is 1. The van der Waals surface area contributed by atoms with Crippen molar-refractivity contribution in [2.75, 3.05) is 26.0 Å². The van der Waals surface area contributed by atoms with Gasteiger partial charge in [-0.15, -0.1) is 16.5 Å². The first-order valence-corrected chi connectivity index (χ1v) is 16.0. The van der Waals surface area contributed by atoms with Crippen LogP contribution in [0.5, 0.6) is 0 Å². The monoisotopic (exact) mass is 524 g/mol. The van der Waals surface area contributed by atoms with Gasteiger partial charge in [-0.2, -0.15) is 0 Å². The molecule has 0 bridgehead atoms. The number of carbonyl (C=O) groups is 1.